The van der Waals surface area contributed by atoms with Gasteiger partial charge in [0.05, 0.1) is 6.54 Å². The third-order valence-corrected chi connectivity index (χ3v) is 3.74. The van der Waals surface area contributed by atoms with Crippen LogP contribution in [0, 0.1) is 13.8 Å². The van der Waals surface area contributed by atoms with E-state index >= 15 is 0 Å². The standard InChI is InChI=1S/C15H23BrN2O/c1-6-15(4,5)18-13(19)9-17-14-10(2)7-12(16)8-11(14)3/h7-8,17H,6,9H2,1-5H3,(H,18,19). The second kappa shape index (κ2) is 6.42. The van der Waals surface area contributed by atoms with Crippen molar-refractivity contribution < 1.29 is 4.79 Å². The molecular weight excluding hydrogens is 304 g/mol. The fourth-order valence-corrected chi connectivity index (χ4v) is 2.55. The van der Waals surface area contributed by atoms with Crippen LogP contribution in [0.3, 0.4) is 0 Å². The summed E-state index contributed by atoms with van der Waals surface area (Å²) in [5.41, 5.74) is 3.15. The number of rotatable bonds is 5. The van der Waals surface area contributed by atoms with Crippen LogP contribution in [-0.4, -0.2) is 18.0 Å². The first-order valence-corrected chi connectivity index (χ1v) is 7.36. The van der Waals surface area contributed by atoms with Gasteiger partial charge in [-0.25, -0.2) is 0 Å². The summed E-state index contributed by atoms with van der Waals surface area (Å²) in [6.07, 6.45) is 0.912. The molecule has 0 aliphatic carbocycles. The van der Waals surface area contributed by atoms with E-state index in [0.717, 1.165) is 27.7 Å². The number of halogens is 1. The molecular formula is C15H23BrN2O. The maximum Gasteiger partial charge on any atom is 0.239 e. The molecule has 0 aliphatic rings. The van der Waals surface area contributed by atoms with Crippen LogP contribution in [-0.2, 0) is 4.79 Å². The fourth-order valence-electron chi connectivity index (χ4n) is 1.87. The highest BCUT2D eigenvalue weighted by molar-refractivity contribution is 9.10. The Hall–Kier alpha value is -1.03. The van der Waals surface area contributed by atoms with Crippen molar-refractivity contribution in [3.63, 3.8) is 0 Å². The van der Waals surface area contributed by atoms with Crippen molar-refractivity contribution in [2.75, 3.05) is 11.9 Å². The average molecular weight is 327 g/mol. The Morgan fingerprint density at radius 3 is 2.26 bits per heavy atom. The molecule has 1 aromatic rings. The zero-order valence-electron chi connectivity index (χ0n) is 12.4. The lowest BCUT2D eigenvalue weighted by atomic mass is 10.0. The van der Waals surface area contributed by atoms with Crippen LogP contribution in [0.2, 0.25) is 0 Å². The summed E-state index contributed by atoms with van der Waals surface area (Å²) in [5.74, 6) is 0.0218. The Kier molecular flexibility index (Phi) is 5.41. The van der Waals surface area contributed by atoms with E-state index in [0.29, 0.717) is 6.54 Å². The Morgan fingerprint density at radius 1 is 1.26 bits per heavy atom. The molecule has 1 aromatic carbocycles. The highest BCUT2D eigenvalue weighted by Gasteiger charge is 2.17. The van der Waals surface area contributed by atoms with Crippen LogP contribution in [0.5, 0.6) is 0 Å². The molecule has 0 fully saturated rings. The number of hydrogen-bond donors (Lipinski definition) is 2. The quantitative estimate of drug-likeness (QED) is 0.864. The largest absolute Gasteiger partial charge is 0.376 e. The van der Waals surface area contributed by atoms with E-state index in [-0.39, 0.29) is 11.4 Å². The first-order chi connectivity index (χ1) is 8.75. The fraction of sp³-hybridized carbons (Fsp3) is 0.533. The average Bonchev–Trinajstić information content (AvgIpc) is 2.26. The van der Waals surface area contributed by atoms with Crippen molar-refractivity contribution in [3.05, 3.63) is 27.7 Å². The number of aryl methyl sites for hydroxylation is 2. The SMILES string of the molecule is CCC(C)(C)NC(=O)CNc1c(C)cc(Br)cc1C. The summed E-state index contributed by atoms with van der Waals surface area (Å²) in [6, 6.07) is 4.09. The number of hydrogen-bond acceptors (Lipinski definition) is 2. The second-order valence-electron chi connectivity index (χ2n) is 5.55. The van der Waals surface area contributed by atoms with Gasteiger partial charge < -0.3 is 10.6 Å². The van der Waals surface area contributed by atoms with E-state index in [1.165, 1.54) is 0 Å². The minimum atomic E-state index is -0.150. The second-order valence-corrected chi connectivity index (χ2v) is 6.47. The van der Waals surface area contributed by atoms with Gasteiger partial charge in [-0.15, -0.1) is 0 Å². The van der Waals surface area contributed by atoms with Gasteiger partial charge in [-0.2, -0.15) is 0 Å². The van der Waals surface area contributed by atoms with E-state index in [9.17, 15) is 4.79 Å². The number of carbonyl (C=O) groups excluding carboxylic acids is 1. The van der Waals surface area contributed by atoms with Gasteiger partial charge in [-0.3, -0.25) is 4.79 Å². The third kappa shape index (κ3) is 4.86. The first-order valence-electron chi connectivity index (χ1n) is 6.57. The van der Waals surface area contributed by atoms with E-state index in [1.807, 2.05) is 39.8 Å². The molecule has 0 aromatic heterocycles. The zero-order chi connectivity index (χ0) is 14.6. The van der Waals surface area contributed by atoms with E-state index in [4.69, 9.17) is 0 Å². The van der Waals surface area contributed by atoms with Crippen molar-refractivity contribution >= 4 is 27.5 Å². The molecule has 1 rings (SSSR count). The van der Waals surface area contributed by atoms with Gasteiger partial charge in [0, 0.05) is 15.7 Å². The molecule has 0 unspecified atom stereocenters. The Labute approximate surface area is 124 Å². The van der Waals surface area contributed by atoms with Gasteiger partial charge in [0.15, 0.2) is 0 Å². The van der Waals surface area contributed by atoms with Gasteiger partial charge >= 0.3 is 0 Å². The Balaban J connectivity index is 2.65. The van der Waals surface area contributed by atoms with Crippen LogP contribution in [0.1, 0.15) is 38.3 Å². The molecule has 0 saturated heterocycles. The molecule has 0 heterocycles. The predicted octanol–water partition coefficient (Wildman–Crippen LogP) is 3.78. The van der Waals surface area contributed by atoms with Gasteiger partial charge in [-0.05, 0) is 57.4 Å². The molecule has 0 radical (unpaired) electrons. The van der Waals surface area contributed by atoms with Crippen LogP contribution < -0.4 is 10.6 Å². The summed E-state index contributed by atoms with van der Waals surface area (Å²) in [4.78, 5) is 11.9. The maximum absolute atomic E-state index is 11.9. The van der Waals surface area contributed by atoms with Gasteiger partial charge in [0.25, 0.3) is 0 Å². The van der Waals surface area contributed by atoms with Crippen LogP contribution in [0.4, 0.5) is 5.69 Å². The van der Waals surface area contributed by atoms with Crippen LogP contribution >= 0.6 is 15.9 Å². The van der Waals surface area contributed by atoms with E-state index in [2.05, 4.69) is 33.5 Å². The molecule has 4 heteroatoms. The van der Waals surface area contributed by atoms with Crippen molar-refractivity contribution in [2.24, 2.45) is 0 Å². The lowest BCUT2D eigenvalue weighted by Crippen LogP contribution is -2.45. The molecule has 1 amide bonds. The maximum atomic E-state index is 11.9. The van der Waals surface area contributed by atoms with E-state index in [1.54, 1.807) is 0 Å². The molecule has 3 nitrogen and oxygen atoms in total. The zero-order valence-corrected chi connectivity index (χ0v) is 13.9. The minimum absolute atomic E-state index is 0.0218. The van der Waals surface area contributed by atoms with Crippen molar-refractivity contribution in [2.45, 2.75) is 46.6 Å². The van der Waals surface area contributed by atoms with Crippen molar-refractivity contribution in [3.8, 4) is 0 Å². The number of benzene rings is 1. The predicted molar refractivity (Wildman–Crippen MR) is 84.6 cm³/mol. The number of amides is 1. The summed E-state index contributed by atoms with van der Waals surface area (Å²) < 4.78 is 1.06. The van der Waals surface area contributed by atoms with Crippen molar-refractivity contribution in [1.82, 2.24) is 5.32 Å². The molecule has 0 saturated carbocycles. The van der Waals surface area contributed by atoms with Crippen LogP contribution in [0.25, 0.3) is 0 Å². The third-order valence-electron chi connectivity index (χ3n) is 3.28. The minimum Gasteiger partial charge on any atom is -0.376 e. The Morgan fingerprint density at radius 2 is 1.79 bits per heavy atom. The van der Waals surface area contributed by atoms with Gasteiger partial charge in [-0.1, -0.05) is 22.9 Å². The number of carbonyl (C=O) groups is 1. The normalized spacial score (nSPS) is 11.3. The molecule has 19 heavy (non-hydrogen) atoms. The Bertz CT molecular complexity index is 446. The summed E-state index contributed by atoms with van der Waals surface area (Å²) in [7, 11) is 0. The van der Waals surface area contributed by atoms with E-state index < -0.39 is 0 Å². The highest BCUT2D eigenvalue weighted by Crippen LogP contribution is 2.24. The molecule has 0 bridgehead atoms. The smallest absolute Gasteiger partial charge is 0.239 e. The molecule has 0 aliphatic heterocycles. The molecule has 2 N–H and O–H groups in total. The molecule has 0 spiro atoms. The van der Waals surface area contributed by atoms with Crippen molar-refractivity contribution in [1.29, 1.82) is 0 Å². The van der Waals surface area contributed by atoms with Crippen LogP contribution in [0.15, 0.2) is 16.6 Å². The summed E-state index contributed by atoms with van der Waals surface area (Å²) >= 11 is 3.47. The lowest BCUT2D eigenvalue weighted by Gasteiger charge is -2.25. The summed E-state index contributed by atoms with van der Waals surface area (Å²) in [6.45, 7) is 10.5. The number of anilines is 1. The first kappa shape index (κ1) is 16.0. The topological polar surface area (TPSA) is 41.1 Å². The monoisotopic (exact) mass is 326 g/mol. The lowest BCUT2D eigenvalue weighted by molar-refractivity contribution is -0.121. The molecule has 0 atom stereocenters. The highest BCUT2D eigenvalue weighted by atomic mass is 79.9. The molecule has 106 valence electrons. The van der Waals surface area contributed by atoms with Gasteiger partial charge in [0.1, 0.15) is 0 Å². The summed E-state index contributed by atoms with van der Waals surface area (Å²) in [5, 5.41) is 6.24. The number of nitrogens with one attached hydrogen (secondary N) is 2. The van der Waals surface area contributed by atoms with Gasteiger partial charge in [0.2, 0.25) is 5.91 Å².